The number of halogens is 1. The summed E-state index contributed by atoms with van der Waals surface area (Å²) in [5.74, 6) is -0.281. The zero-order valence-electron chi connectivity index (χ0n) is 16.2. The Morgan fingerprint density at radius 2 is 1.81 bits per heavy atom. The second kappa shape index (κ2) is 8.40. The molecular formula is C21H17ClN4O3S2. The molecule has 0 bridgehead atoms. The van der Waals surface area contributed by atoms with Crippen molar-refractivity contribution in [3.05, 3.63) is 58.6 Å². The third-order valence-corrected chi connectivity index (χ3v) is 7.31. The van der Waals surface area contributed by atoms with Crippen LogP contribution < -0.4 is 5.14 Å². The van der Waals surface area contributed by atoms with Crippen molar-refractivity contribution in [2.24, 2.45) is 5.14 Å². The van der Waals surface area contributed by atoms with E-state index in [9.17, 15) is 18.5 Å². The van der Waals surface area contributed by atoms with Gasteiger partial charge in [-0.1, -0.05) is 35.9 Å². The normalized spacial score (nSPS) is 16.3. The zero-order chi connectivity index (χ0) is 22.2. The Bertz CT molecular complexity index is 1280. The quantitative estimate of drug-likeness (QED) is 0.617. The van der Waals surface area contributed by atoms with Crippen LogP contribution in [0.3, 0.4) is 0 Å². The van der Waals surface area contributed by atoms with Crippen LogP contribution in [-0.2, 0) is 10.0 Å². The van der Waals surface area contributed by atoms with Crippen molar-refractivity contribution in [3.63, 3.8) is 0 Å². The lowest BCUT2D eigenvalue weighted by atomic mass is 10.1. The molecule has 3 aromatic rings. The number of primary sulfonamides is 1. The molecule has 1 atom stereocenters. The molecule has 1 saturated heterocycles. The monoisotopic (exact) mass is 472 g/mol. The van der Waals surface area contributed by atoms with Crippen molar-refractivity contribution in [2.75, 3.05) is 6.54 Å². The van der Waals surface area contributed by atoms with E-state index in [4.69, 9.17) is 16.7 Å². The number of amides is 1. The minimum Gasteiger partial charge on any atom is -0.321 e. The molecule has 0 spiro atoms. The number of sulfonamides is 1. The number of hydrogen-bond acceptors (Lipinski definition) is 6. The minimum absolute atomic E-state index is 0.000892. The predicted molar refractivity (Wildman–Crippen MR) is 119 cm³/mol. The molecule has 0 saturated carbocycles. The van der Waals surface area contributed by atoms with Gasteiger partial charge in [0.1, 0.15) is 6.04 Å². The van der Waals surface area contributed by atoms with E-state index in [1.165, 1.54) is 23.5 Å². The molecule has 2 N–H and O–H groups in total. The summed E-state index contributed by atoms with van der Waals surface area (Å²) in [5, 5.41) is 15.4. The number of nitrogens with zero attached hydrogens (tertiary/aromatic N) is 3. The van der Waals surface area contributed by atoms with Crippen LogP contribution in [0.2, 0.25) is 5.02 Å². The van der Waals surface area contributed by atoms with Gasteiger partial charge in [0.15, 0.2) is 5.01 Å². The highest BCUT2D eigenvalue weighted by Gasteiger charge is 2.32. The Kier molecular flexibility index (Phi) is 5.81. The number of aromatic nitrogens is 1. The molecule has 0 unspecified atom stereocenters. The molecule has 7 nitrogen and oxygen atoms in total. The van der Waals surface area contributed by atoms with E-state index in [1.54, 1.807) is 29.2 Å². The summed E-state index contributed by atoms with van der Waals surface area (Å²) < 4.78 is 23.2. The maximum Gasteiger partial charge on any atom is 0.283 e. The number of nitriles is 1. The molecule has 4 rings (SSSR count). The summed E-state index contributed by atoms with van der Waals surface area (Å²) >= 11 is 7.22. The van der Waals surface area contributed by atoms with Crippen molar-refractivity contribution in [2.45, 2.75) is 23.8 Å². The predicted octanol–water partition coefficient (Wildman–Crippen LogP) is 3.91. The van der Waals surface area contributed by atoms with Gasteiger partial charge in [-0.05, 0) is 42.7 Å². The number of hydrogen-bond donors (Lipinski definition) is 1. The van der Waals surface area contributed by atoms with Gasteiger partial charge in [0, 0.05) is 17.1 Å². The Labute approximate surface area is 188 Å². The number of thiazole rings is 1. The van der Waals surface area contributed by atoms with Crippen LogP contribution in [-0.4, -0.2) is 36.8 Å². The molecule has 158 valence electrons. The van der Waals surface area contributed by atoms with Crippen LogP contribution in [0.4, 0.5) is 0 Å². The summed E-state index contributed by atoms with van der Waals surface area (Å²) in [6.45, 7) is 0.519. The molecule has 0 aliphatic carbocycles. The van der Waals surface area contributed by atoms with Gasteiger partial charge < -0.3 is 4.90 Å². The minimum atomic E-state index is -3.82. The van der Waals surface area contributed by atoms with Gasteiger partial charge >= 0.3 is 0 Å². The lowest BCUT2D eigenvalue weighted by Gasteiger charge is -2.17. The van der Waals surface area contributed by atoms with Crippen molar-refractivity contribution in [1.82, 2.24) is 9.88 Å². The average molecular weight is 473 g/mol. The highest BCUT2D eigenvalue weighted by atomic mass is 35.5. The van der Waals surface area contributed by atoms with Crippen LogP contribution in [0.5, 0.6) is 0 Å². The fourth-order valence-corrected chi connectivity index (χ4v) is 5.16. The number of carbonyl (C=O) groups excluding carboxylic acids is 1. The summed E-state index contributed by atoms with van der Waals surface area (Å²) in [7, 11) is -3.82. The van der Waals surface area contributed by atoms with Crippen LogP contribution in [0.1, 0.15) is 22.6 Å². The van der Waals surface area contributed by atoms with E-state index < -0.39 is 16.1 Å². The second-order valence-electron chi connectivity index (χ2n) is 7.06. The SMILES string of the molecule is N#C[C@@H]1CCCN1C(=O)c1nc(-c2ccc(Cl)cc2)c(-c2ccc(S(N)(=O)=O)cc2)s1. The summed E-state index contributed by atoms with van der Waals surface area (Å²) in [4.78, 5) is 20.0. The molecule has 10 heteroatoms. The lowest BCUT2D eigenvalue weighted by Crippen LogP contribution is -2.34. The second-order valence-corrected chi connectivity index (χ2v) is 10.1. The molecule has 0 radical (unpaired) electrons. The lowest BCUT2D eigenvalue weighted by molar-refractivity contribution is 0.0764. The third-order valence-electron chi connectivity index (χ3n) is 5.04. The van der Waals surface area contributed by atoms with Crippen LogP contribution >= 0.6 is 22.9 Å². The van der Waals surface area contributed by atoms with Crippen molar-refractivity contribution >= 4 is 38.9 Å². The maximum absolute atomic E-state index is 13.1. The van der Waals surface area contributed by atoms with Gasteiger partial charge in [0.25, 0.3) is 5.91 Å². The molecule has 1 aliphatic heterocycles. The van der Waals surface area contributed by atoms with E-state index in [2.05, 4.69) is 11.1 Å². The molecule has 1 aliphatic rings. The highest BCUT2D eigenvalue weighted by molar-refractivity contribution is 7.89. The standard InChI is InChI=1S/C21H17ClN4O3S2/c22-15-7-3-13(4-8-15)18-19(14-5-9-17(10-6-14)31(24,28)29)30-20(25-18)21(27)26-11-1-2-16(26)12-23/h3-10,16H,1-2,11H2,(H2,24,28,29)/t16-/m0/s1. The summed E-state index contributed by atoms with van der Waals surface area (Å²) in [6.07, 6.45) is 1.43. The van der Waals surface area contributed by atoms with Gasteiger partial charge in [-0.15, -0.1) is 11.3 Å². The molecule has 2 heterocycles. The first-order valence-electron chi connectivity index (χ1n) is 9.38. The smallest absolute Gasteiger partial charge is 0.283 e. The first-order valence-corrected chi connectivity index (χ1v) is 12.1. The number of rotatable bonds is 4. The largest absolute Gasteiger partial charge is 0.321 e. The van der Waals surface area contributed by atoms with Gasteiger partial charge in [-0.25, -0.2) is 18.5 Å². The van der Waals surface area contributed by atoms with E-state index >= 15 is 0 Å². The number of nitrogens with two attached hydrogens (primary N) is 1. The highest BCUT2D eigenvalue weighted by Crippen LogP contribution is 2.38. The van der Waals surface area contributed by atoms with Crippen LogP contribution in [0.25, 0.3) is 21.7 Å². The topological polar surface area (TPSA) is 117 Å². The van der Waals surface area contributed by atoms with Gasteiger partial charge in [0.05, 0.1) is 21.5 Å². The van der Waals surface area contributed by atoms with Crippen molar-refractivity contribution < 1.29 is 13.2 Å². The fourth-order valence-electron chi connectivity index (χ4n) is 3.47. The third kappa shape index (κ3) is 4.34. The molecule has 1 fully saturated rings. The van der Waals surface area contributed by atoms with Gasteiger partial charge in [0.2, 0.25) is 10.0 Å². The molecular weight excluding hydrogens is 456 g/mol. The van der Waals surface area contributed by atoms with Crippen molar-refractivity contribution in [3.8, 4) is 27.8 Å². The van der Waals surface area contributed by atoms with Gasteiger partial charge in [-0.3, -0.25) is 4.79 Å². The molecule has 31 heavy (non-hydrogen) atoms. The first-order chi connectivity index (χ1) is 14.8. The Morgan fingerprint density at radius 3 is 2.42 bits per heavy atom. The Morgan fingerprint density at radius 1 is 1.16 bits per heavy atom. The van der Waals surface area contributed by atoms with E-state index in [-0.39, 0.29) is 15.8 Å². The van der Waals surface area contributed by atoms with Crippen molar-refractivity contribution in [1.29, 1.82) is 5.26 Å². The van der Waals surface area contributed by atoms with Crippen LogP contribution in [0.15, 0.2) is 53.4 Å². The number of benzene rings is 2. The zero-order valence-corrected chi connectivity index (χ0v) is 18.5. The van der Waals surface area contributed by atoms with Crippen LogP contribution in [0, 0.1) is 11.3 Å². The first kappa shape index (κ1) is 21.5. The van der Waals surface area contributed by atoms with E-state index in [0.29, 0.717) is 34.1 Å². The molecule has 2 aromatic carbocycles. The Hall–Kier alpha value is -2.77. The average Bonchev–Trinajstić information content (AvgIpc) is 3.41. The molecule has 1 amide bonds. The summed E-state index contributed by atoms with van der Waals surface area (Å²) in [6, 6.07) is 14.9. The van der Waals surface area contributed by atoms with E-state index in [1.807, 2.05) is 12.1 Å². The Balaban J connectivity index is 1.80. The summed E-state index contributed by atoms with van der Waals surface area (Å²) in [5.41, 5.74) is 2.05. The maximum atomic E-state index is 13.1. The molecule has 1 aromatic heterocycles. The number of likely N-dealkylation sites (tertiary alicyclic amines) is 1. The number of carbonyl (C=O) groups is 1. The van der Waals surface area contributed by atoms with E-state index in [0.717, 1.165) is 12.0 Å². The van der Waals surface area contributed by atoms with Gasteiger partial charge in [-0.2, -0.15) is 5.26 Å². The fraction of sp³-hybridized carbons (Fsp3) is 0.190.